The van der Waals surface area contributed by atoms with E-state index >= 15 is 0 Å². The second-order valence-corrected chi connectivity index (χ2v) is 3.15. The number of aromatic nitrogens is 1. The zero-order valence-corrected chi connectivity index (χ0v) is 9.09. The van der Waals surface area contributed by atoms with Gasteiger partial charge in [-0.25, -0.2) is 18.6 Å². The quantitative estimate of drug-likeness (QED) is 0.659. The monoisotopic (exact) mass is 250 g/mol. The maximum Gasteiger partial charge on any atom is 0.339 e. The standard InChI is InChI=1S/C9H9ClF2N2O2/c1-16-9(15)4-2-5(7(11)12)8(13)14-6(4)3-10/h2,7H,3H2,1H3,(H2,13,14). The summed E-state index contributed by atoms with van der Waals surface area (Å²) in [7, 11) is 1.14. The number of methoxy groups -OCH3 is 1. The first-order chi connectivity index (χ1) is 7.51. The van der Waals surface area contributed by atoms with Crippen molar-refractivity contribution in [2.24, 2.45) is 0 Å². The number of hydrogen-bond donors (Lipinski definition) is 1. The van der Waals surface area contributed by atoms with Crippen molar-refractivity contribution in [1.82, 2.24) is 4.98 Å². The molecule has 0 aliphatic carbocycles. The van der Waals surface area contributed by atoms with Crippen molar-refractivity contribution in [3.8, 4) is 0 Å². The van der Waals surface area contributed by atoms with Gasteiger partial charge in [-0.2, -0.15) is 0 Å². The van der Waals surface area contributed by atoms with Gasteiger partial charge in [0.05, 0.1) is 29.8 Å². The molecule has 0 spiro atoms. The van der Waals surface area contributed by atoms with E-state index in [0.29, 0.717) is 0 Å². The van der Waals surface area contributed by atoms with Gasteiger partial charge in [-0.3, -0.25) is 0 Å². The van der Waals surface area contributed by atoms with Crippen LogP contribution in [0.4, 0.5) is 14.6 Å². The zero-order valence-electron chi connectivity index (χ0n) is 8.34. The molecule has 4 nitrogen and oxygen atoms in total. The van der Waals surface area contributed by atoms with Crippen LogP contribution in [0.2, 0.25) is 0 Å². The molecule has 0 unspecified atom stereocenters. The number of nitrogens with zero attached hydrogens (tertiary/aromatic N) is 1. The molecule has 0 fully saturated rings. The molecule has 0 aromatic carbocycles. The van der Waals surface area contributed by atoms with Crippen LogP contribution in [0, 0.1) is 0 Å². The van der Waals surface area contributed by atoms with Gasteiger partial charge in [-0.15, -0.1) is 11.6 Å². The molecule has 2 N–H and O–H groups in total. The lowest BCUT2D eigenvalue weighted by Gasteiger charge is -2.09. The van der Waals surface area contributed by atoms with Crippen LogP contribution in [-0.2, 0) is 10.6 Å². The summed E-state index contributed by atoms with van der Waals surface area (Å²) >= 11 is 5.52. The Morgan fingerprint density at radius 3 is 2.75 bits per heavy atom. The summed E-state index contributed by atoms with van der Waals surface area (Å²) in [4.78, 5) is 14.9. The Balaban J connectivity index is 3.34. The number of hydrogen-bond acceptors (Lipinski definition) is 4. The third kappa shape index (κ3) is 2.38. The van der Waals surface area contributed by atoms with E-state index in [2.05, 4.69) is 9.72 Å². The molecular weight excluding hydrogens is 242 g/mol. The summed E-state index contributed by atoms with van der Waals surface area (Å²) in [5.41, 5.74) is 4.83. The number of ether oxygens (including phenoxy) is 1. The summed E-state index contributed by atoms with van der Waals surface area (Å²) in [5.74, 6) is -1.22. The summed E-state index contributed by atoms with van der Waals surface area (Å²) in [6.45, 7) is 0. The molecule has 0 radical (unpaired) electrons. The van der Waals surface area contributed by atoms with Gasteiger partial charge in [-0.05, 0) is 6.07 Å². The van der Waals surface area contributed by atoms with E-state index in [1.807, 2.05) is 0 Å². The third-order valence-electron chi connectivity index (χ3n) is 1.93. The number of alkyl halides is 3. The van der Waals surface area contributed by atoms with Gasteiger partial charge in [0.15, 0.2) is 0 Å². The van der Waals surface area contributed by atoms with Gasteiger partial charge in [0.2, 0.25) is 0 Å². The topological polar surface area (TPSA) is 65.2 Å². The van der Waals surface area contributed by atoms with Crippen molar-refractivity contribution < 1.29 is 18.3 Å². The van der Waals surface area contributed by atoms with E-state index < -0.39 is 18.0 Å². The Kier molecular flexibility index (Phi) is 4.00. The Morgan fingerprint density at radius 1 is 1.69 bits per heavy atom. The normalized spacial score (nSPS) is 10.6. The van der Waals surface area contributed by atoms with Gasteiger partial charge >= 0.3 is 5.97 Å². The summed E-state index contributed by atoms with van der Waals surface area (Å²) in [5, 5.41) is 0. The molecule has 7 heteroatoms. The SMILES string of the molecule is COC(=O)c1cc(C(F)F)c(N)nc1CCl. The molecule has 0 aliphatic heterocycles. The van der Waals surface area contributed by atoms with Crippen LogP contribution in [0.25, 0.3) is 0 Å². The fourth-order valence-corrected chi connectivity index (χ4v) is 1.35. The van der Waals surface area contributed by atoms with Crippen LogP contribution in [0.3, 0.4) is 0 Å². The Labute approximate surface area is 95.4 Å². The molecule has 1 aromatic rings. The van der Waals surface area contributed by atoms with Crippen LogP contribution in [0.5, 0.6) is 0 Å². The van der Waals surface area contributed by atoms with Crippen LogP contribution in [0.15, 0.2) is 6.07 Å². The van der Waals surface area contributed by atoms with Crippen LogP contribution in [-0.4, -0.2) is 18.1 Å². The second kappa shape index (κ2) is 5.07. The molecule has 16 heavy (non-hydrogen) atoms. The van der Waals surface area contributed by atoms with Gasteiger partial charge < -0.3 is 10.5 Å². The maximum atomic E-state index is 12.5. The number of nitrogens with two attached hydrogens (primary N) is 1. The van der Waals surface area contributed by atoms with Crippen molar-refractivity contribution in [3.05, 3.63) is 22.9 Å². The largest absolute Gasteiger partial charge is 0.465 e. The Hall–Kier alpha value is -1.43. The molecular formula is C9H9ClF2N2O2. The van der Waals surface area contributed by atoms with E-state index in [-0.39, 0.29) is 23.0 Å². The van der Waals surface area contributed by atoms with Crippen LogP contribution in [0.1, 0.15) is 28.0 Å². The minimum atomic E-state index is -2.81. The highest BCUT2D eigenvalue weighted by Crippen LogP contribution is 2.26. The zero-order chi connectivity index (χ0) is 12.3. The van der Waals surface area contributed by atoms with E-state index in [0.717, 1.165) is 13.2 Å². The van der Waals surface area contributed by atoms with Crippen molar-refractivity contribution >= 4 is 23.4 Å². The van der Waals surface area contributed by atoms with E-state index in [9.17, 15) is 13.6 Å². The first kappa shape index (κ1) is 12.6. The van der Waals surface area contributed by atoms with Crippen LogP contribution < -0.4 is 5.73 Å². The highest BCUT2D eigenvalue weighted by Gasteiger charge is 2.20. The predicted molar refractivity (Wildman–Crippen MR) is 54.5 cm³/mol. The highest BCUT2D eigenvalue weighted by atomic mass is 35.5. The fraction of sp³-hybridized carbons (Fsp3) is 0.333. The summed E-state index contributed by atoms with van der Waals surface area (Å²) < 4.78 is 29.4. The first-order valence-electron chi connectivity index (χ1n) is 4.23. The number of carbonyl (C=O) groups is 1. The number of nitrogen functional groups attached to an aromatic ring is 1. The van der Waals surface area contributed by atoms with Crippen molar-refractivity contribution in [2.75, 3.05) is 12.8 Å². The molecule has 0 amide bonds. The molecule has 0 atom stereocenters. The molecule has 0 bridgehead atoms. The smallest absolute Gasteiger partial charge is 0.339 e. The van der Waals surface area contributed by atoms with Crippen molar-refractivity contribution in [2.45, 2.75) is 12.3 Å². The van der Waals surface area contributed by atoms with Gasteiger partial charge in [-0.1, -0.05) is 0 Å². The maximum absolute atomic E-state index is 12.5. The molecule has 1 rings (SSSR count). The molecule has 1 aromatic heterocycles. The lowest BCUT2D eigenvalue weighted by atomic mass is 10.1. The summed E-state index contributed by atoms with van der Waals surface area (Å²) in [6, 6.07) is 0.955. The van der Waals surface area contributed by atoms with E-state index in [1.54, 1.807) is 0 Å². The minimum absolute atomic E-state index is 0.0954. The number of esters is 1. The Morgan fingerprint density at radius 2 is 2.31 bits per heavy atom. The fourth-order valence-electron chi connectivity index (χ4n) is 1.15. The molecule has 0 aliphatic rings. The molecule has 1 heterocycles. The number of anilines is 1. The minimum Gasteiger partial charge on any atom is -0.465 e. The lowest BCUT2D eigenvalue weighted by Crippen LogP contribution is -2.11. The first-order valence-corrected chi connectivity index (χ1v) is 4.76. The van der Waals surface area contributed by atoms with Gasteiger partial charge in [0.25, 0.3) is 6.43 Å². The van der Waals surface area contributed by atoms with E-state index in [1.165, 1.54) is 0 Å². The number of rotatable bonds is 3. The third-order valence-corrected chi connectivity index (χ3v) is 2.18. The van der Waals surface area contributed by atoms with E-state index in [4.69, 9.17) is 17.3 Å². The number of pyridine rings is 1. The average molecular weight is 251 g/mol. The molecule has 0 saturated heterocycles. The second-order valence-electron chi connectivity index (χ2n) is 2.88. The van der Waals surface area contributed by atoms with Gasteiger partial charge in [0, 0.05) is 0 Å². The predicted octanol–water partition coefficient (Wildman–Crippen LogP) is 2.13. The highest BCUT2D eigenvalue weighted by molar-refractivity contribution is 6.17. The van der Waals surface area contributed by atoms with Gasteiger partial charge in [0.1, 0.15) is 5.82 Å². The average Bonchev–Trinajstić information content (AvgIpc) is 2.27. The molecule has 88 valence electrons. The summed E-state index contributed by atoms with van der Waals surface area (Å²) in [6.07, 6.45) is -2.81. The van der Waals surface area contributed by atoms with Crippen molar-refractivity contribution in [1.29, 1.82) is 0 Å². The Bertz CT molecular complexity index is 413. The lowest BCUT2D eigenvalue weighted by molar-refractivity contribution is 0.0598. The number of carbonyl (C=O) groups excluding carboxylic acids is 1. The van der Waals surface area contributed by atoms with Crippen LogP contribution >= 0.6 is 11.6 Å². The number of halogens is 3. The molecule has 0 saturated carbocycles. The van der Waals surface area contributed by atoms with Crippen molar-refractivity contribution in [3.63, 3.8) is 0 Å².